The lowest BCUT2D eigenvalue weighted by molar-refractivity contribution is -0.133. The monoisotopic (exact) mass is 230 g/mol. The van der Waals surface area contributed by atoms with E-state index in [0.717, 1.165) is 4.90 Å². The van der Waals surface area contributed by atoms with Gasteiger partial charge in [0.1, 0.15) is 5.69 Å². The first-order valence-electron chi connectivity index (χ1n) is 5.36. The van der Waals surface area contributed by atoms with Crippen LogP contribution in [0.1, 0.15) is 6.42 Å². The molecule has 17 heavy (non-hydrogen) atoms. The summed E-state index contributed by atoms with van der Waals surface area (Å²) in [5.41, 5.74) is -0.547. The highest BCUT2D eigenvalue weighted by atomic mass is 16.5. The van der Waals surface area contributed by atoms with Gasteiger partial charge in [-0.05, 0) is 18.7 Å². The molecule has 1 fully saturated rings. The number of carbonyl (C=O) groups excluding carboxylic acids is 1. The summed E-state index contributed by atoms with van der Waals surface area (Å²) >= 11 is 0. The Kier molecular flexibility index (Phi) is 2.03. The highest BCUT2D eigenvalue weighted by Crippen LogP contribution is 2.37. The SMILES string of the molecule is N#CN1C(=O)[C@@]2(CCNC2)Oc2ncccc21. The molecule has 1 aromatic rings. The number of rotatable bonds is 0. The fourth-order valence-corrected chi connectivity index (χ4v) is 2.21. The predicted molar refractivity (Wildman–Crippen MR) is 58.2 cm³/mol. The van der Waals surface area contributed by atoms with Gasteiger partial charge in [-0.15, -0.1) is 0 Å². The van der Waals surface area contributed by atoms with Crippen molar-refractivity contribution in [2.45, 2.75) is 12.0 Å². The third-order valence-corrected chi connectivity index (χ3v) is 3.09. The van der Waals surface area contributed by atoms with E-state index in [1.54, 1.807) is 18.3 Å². The second kappa shape index (κ2) is 3.43. The summed E-state index contributed by atoms with van der Waals surface area (Å²) in [6.45, 7) is 1.12. The third-order valence-electron chi connectivity index (χ3n) is 3.09. The summed E-state index contributed by atoms with van der Waals surface area (Å²) in [6.07, 6.45) is 4.04. The molecular formula is C11H10N4O2. The van der Waals surface area contributed by atoms with Gasteiger partial charge in [0.2, 0.25) is 11.5 Å². The molecule has 0 saturated carbocycles. The molecule has 3 heterocycles. The number of anilines is 1. The van der Waals surface area contributed by atoms with Crippen LogP contribution in [0, 0.1) is 11.5 Å². The number of nitrogens with one attached hydrogen (secondary N) is 1. The van der Waals surface area contributed by atoms with Crippen molar-refractivity contribution in [1.82, 2.24) is 10.3 Å². The molecular weight excluding hydrogens is 220 g/mol. The fourth-order valence-electron chi connectivity index (χ4n) is 2.21. The van der Waals surface area contributed by atoms with Crippen LogP contribution in [0.25, 0.3) is 0 Å². The van der Waals surface area contributed by atoms with Gasteiger partial charge in [-0.1, -0.05) is 0 Å². The Morgan fingerprint density at radius 2 is 2.53 bits per heavy atom. The highest BCUT2D eigenvalue weighted by molar-refractivity contribution is 6.05. The molecule has 0 bridgehead atoms. The minimum Gasteiger partial charge on any atom is -0.458 e. The number of carbonyl (C=O) groups is 1. The van der Waals surface area contributed by atoms with E-state index in [-0.39, 0.29) is 5.91 Å². The van der Waals surface area contributed by atoms with Crippen LogP contribution < -0.4 is 15.0 Å². The van der Waals surface area contributed by atoms with Gasteiger partial charge in [-0.3, -0.25) is 4.79 Å². The van der Waals surface area contributed by atoms with Gasteiger partial charge in [-0.25, -0.2) is 9.88 Å². The summed E-state index contributed by atoms with van der Waals surface area (Å²) in [5, 5.41) is 12.2. The van der Waals surface area contributed by atoms with Crippen LogP contribution in [-0.4, -0.2) is 29.6 Å². The third kappa shape index (κ3) is 1.29. The zero-order chi connectivity index (χ0) is 11.9. The molecule has 1 N–H and O–H groups in total. The van der Waals surface area contributed by atoms with Crippen LogP contribution in [0.4, 0.5) is 5.69 Å². The Labute approximate surface area is 97.8 Å². The van der Waals surface area contributed by atoms with Crippen LogP contribution in [0.3, 0.4) is 0 Å². The second-order valence-electron chi connectivity index (χ2n) is 4.09. The number of hydrogen-bond acceptors (Lipinski definition) is 5. The van der Waals surface area contributed by atoms with E-state index in [0.29, 0.717) is 31.1 Å². The van der Waals surface area contributed by atoms with E-state index in [9.17, 15) is 4.79 Å². The standard InChI is InChI=1S/C11H10N4O2/c12-7-15-8-2-1-4-14-9(8)17-11(10(15)16)3-5-13-6-11/h1-2,4,13H,3,5-6H2/t11-/m0/s1. The van der Waals surface area contributed by atoms with Crippen molar-refractivity contribution in [3.8, 4) is 12.1 Å². The van der Waals surface area contributed by atoms with Gasteiger partial charge in [0, 0.05) is 19.2 Å². The van der Waals surface area contributed by atoms with E-state index >= 15 is 0 Å². The quantitative estimate of drug-likeness (QED) is 0.636. The molecule has 2 aliphatic rings. The van der Waals surface area contributed by atoms with Gasteiger partial charge in [0.15, 0.2) is 6.19 Å². The van der Waals surface area contributed by atoms with Crippen molar-refractivity contribution in [1.29, 1.82) is 5.26 Å². The van der Waals surface area contributed by atoms with Crippen LogP contribution in [0.5, 0.6) is 5.88 Å². The smallest absolute Gasteiger partial charge is 0.286 e. The Morgan fingerprint density at radius 1 is 1.65 bits per heavy atom. The zero-order valence-electron chi connectivity index (χ0n) is 9.01. The molecule has 86 valence electrons. The normalized spacial score (nSPS) is 26.5. The molecule has 1 amide bonds. The predicted octanol–water partition coefficient (Wildman–Crippen LogP) is 0.0202. The largest absolute Gasteiger partial charge is 0.458 e. The molecule has 6 nitrogen and oxygen atoms in total. The maximum Gasteiger partial charge on any atom is 0.286 e. The fraction of sp³-hybridized carbons (Fsp3) is 0.364. The van der Waals surface area contributed by atoms with Crippen LogP contribution in [0.2, 0.25) is 0 Å². The molecule has 1 saturated heterocycles. The number of aromatic nitrogens is 1. The van der Waals surface area contributed by atoms with Gasteiger partial charge >= 0.3 is 0 Å². The van der Waals surface area contributed by atoms with E-state index in [4.69, 9.17) is 10.00 Å². The lowest BCUT2D eigenvalue weighted by atomic mass is 9.99. The Bertz CT molecular complexity index is 516. The number of ether oxygens (including phenoxy) is 1. The first-order chi connectivity index (χ1) is 8.27. The van der Waals surface area contributed by atoms with Gasteiger partial charge < -0.3 is 10.1 Å². The Morgan fingerprint density at radius 3 is 3.24 bits per heavy atom. The maximum absolute atomic E-state index is 12.3. The lowest BCUT2D eigenvalue weighted by Crippen LogP contribution is -2.56. The maximum atomic E-state index is 12.3. The number of nitriles is 1. The van der Waals surface area contributed by atoms with Crippen molar-refractivity contribution < 1.29 is 9.53 Å². The molecule has 1 aromatic heterocycles. The summed E-state index contributed by atoms with van der Waals surface area (Å²) < 4.78 is 5.71. The first-order valence-corrected chi connectivity index (χ1v) is 5.36. The van der Waals surface area contributed by atoms with Crippen LogP contribution >= 0.6 is 0 Å². The Hall–Kier alpha value is -2.13. The average molecular weight is 230 g/mol. The van der Waals surface area contributed by atoms with Crippen LogP contribution in [-0.2, 0) is 4.79 Å². The van der Waals surface area contributed by atoms with Gasteiger partial charge in [0.05, 0.1) is 0 Å². The average Bonchev–Trinajstić information content (AvgIpc) is 2.81. The number of nitrogens with zero attached hydrogens (tertiary/aromatic N) is 3. The van der Waals surface area contributed by atoms with Gasteiger partial charge in [-0.2, -0.15) is 5.26 Å². The van der Waals surface area contributed by atoms with E-state index in [1.807, 2.05) is 6.19 Å². The van der Waals surface area contributed by atoms with Gasteiger partial charge in [0.25, 0.3) is 5.91 Å². The number of fused-ring (bicyclic) bond motifs is 1. The molecule has 0 unspecified atom stereocenters. The zero-order valence-corrected chi connectivity index (χ0v) is 9.01. The Balaban J connectivity index is 2.12. The molecule has 0 radical (unpaired) electrons. The highest BCUT2D eigenvalue weighted by Gasteiger charge is 2.51. The minimum absolute atomic E-state index is 0.314. The van der Waals surface area contributed by atoms with E-state index < -0.39 is 5.60 Å². The summed E-state index contributed by atoms with van der Waals surface area (Å²) in [4.78, 5) is 17.4. The summed E-state index contributed by atoms with van der Waals surface area (Å²) in [6, 6.07) is 3.32. The van der Waals surface area contributed by atoms with Crippen molar-refractivity contribution in [2.75, 3.05) is 18.0 Å². The number of amides is 1. The molecule has 3 rings (SSSR count). The van der Waals surface area contributed by atoms with Crippen molar-refractivity contribution in [3.05, 3.63) is 18.3 Å². The second-order valence-corrected chi connectivity index (χ2v) is 4.09. The molecule has 0 aromatic carbocycles. The van der Waals surface area contributed by atoms with Crippen molar-refractivity contribution in [2.24, 2.45) is 0 Å². The topological polar surface area (TPSA) is 78.2 Å². The number of hydrogen-bond donors (Lipinski definition) is 1. The lowest BCUT2D eigenvalue weighted by Gasteiger charge is -2.35. The van der Waals surface area contributed by atoms with E-state index in [2.05, 4.69) is 10.3 Å². The van der Waals surface area contributed by atoms with E-state index in [1.165, 1.54) is 0 Å². The summed E-state index contributed by atoms with van der Waals surface area (Å²) in [5.74, 6) is 0.0304. The van der Waals surface area contributed by atoms with Crippen LogP contribution in [0.15, 0.2) is 18.3 Å². The minimum atomic E-state index is -0.961. The van der Waals surface area contributed by atoms with Crippen molar-refractivity contribution in [3.63, 3.8) is 0 Å². The van der Waals surface area contributed by atoms with Crippen molar-refractivity contribution >= 4 is 11.6 Å². The first kappa shape index (κ1) is 10.1. The molecule has 0 aliphatic carbocycles. The molecule has 1 atom stereocenters. The molecule has 6 heteroatoms. The summed E-state index contributed by atoms with van der Waals surface area (Å²) in [7, 11) is 0. The number of pyridine rings is 1. The molecule has 1 spiro atoms. The molecule has 2 aliphatic heterocycles.